The first-order chi connectivity index (χ1) is 5.07. The van der Waals surface area contributed by atoms with Crippen LogP contribution in [0.5, 0.6) is 0 Å². The predicted octanol–water partition coefficient (Wildman–Crippen LogP) is 0.357. The van der Waals surface area contributed by atoms with Crippen LogP contribution in [0.3, 0.4) is 0 Å². The molecule has 0 saturated carbocycles. The summed E-state index contributed by atoms with van der Waals surface area (Å²) >= 11 is 0. The molecule has 1 amide bonds. The fraction of sp³-hybridized carbons (Fsp3) is 0.429. The molecule has 0 aliphatic carbocycles. The van der Waals surface area contributed by atoms with Crippen molar-refractivity contribution in [3.8, 4) is 0 Å². The van der Waals surface area contributed by atoms with Crippen LogP contribution in [0.2, 0.25) is 0 Å². The first kappa shape index (κ1) is 9.68. The summed E-state index contributed by atoms with van der Waals surface area (Å²) in [6.45, 7) is 4.83. The largest absolute Gasteiger partial charge is 0.481 e. The van der Waals surface area contributed by atoms with Gasteiger partial charge in [-0.1, -0.05) is 13.5 Å². The van der Waals surface area contributed by atoms with E-state index in [0.717, 1.165) is 0 Å². The van der Waals surface area contributed by atoms with Crippen LogP contribution in [-0.4, -0.2) is 17.0 Å². The van der Waals surface area contributed by atoms with Crippen LogP contribution in [0.4, 0.5) is 0 Å². The molecule has 0 aliphatic rings. The molecule has 1 unspecified atom stereocenters. The molecule has 0 spiro atoms. The van der Waals surface area contributed by atoms with Gasteiger partial charge in [0.2, 0.25) is 5.91 Å². The molecule has 0 fully saturated rings. The summed E-state index contributed by atoms with van der Waals surface area (Å²) in [4.78, 5) is 20.9. The molecule has 4 heteroatoms. The maximum absolute atomic E-state index is 10.8. The minimum atomic E-state index is -0.975. The Balaban J connectivity index is 3.81. The highest BCUT2D eigenvalue weighted by molar-refractivity contribution is 5.83. The van der Waals surface area contributed by atoms with E-state index in [1.807, 2.05) is 0 Å². The lowest BCUT2D eigenvalue weighted by atomic mass is 10.1. The molecule has 62 valence electrons. The highest BCUT2D eigenvalue weighted by Gasteiger charge is 2.14. The van der Waals surface area contributed by atoms with Gasteiger partial charge in [0.1, 0.15) is 0 Å². The Morgan fingerprint density at radius 1 is 1.73 bits per heavy atom. The lowest BCUT2D eigenvalue weighted by molar-refractivity contribution is -0.140. The normalized spacial score (nSPS) is 11.7. The zero-order valence-electron chi connectivity index (χ0n) is 6.33. The first-order valence-electron chi connectivity index (χ1n) is 3.21. The fourth-order valence-corrected chi connectivity index (χ4v) is 0.597. The number of hydrogen-bond donors (Lipinski definition) is 2. The van der Waals surface area contributed by atoms with Crippen molar-refractivity contribution in [1.29, 1.82) is 0 Å². The van der Waals surface area contributed by atoms with E-state index < -0.39 is 11.9 Å². The van der Waals surface area contributed by atoms with Gasteiger partial charge in [-0.15, -0.1) is 0 Å². The highest BCUT2D eigenvalue weighted by atomic mass is 16.4. The summed E-state index contributed by atoms with van der Waals surface area (Å²) in [6, 6.07) is 0. The van der Waals surface area contributed by atoms with Crippen molar-refractivity contribution in [1.82, 2.24) is 5.32 Å². The van der Waals surface area contributed by atoms with Gasteiger partial charge in [-0.25, -0.2) is 0 Å². The van der Waals surface area contributed by atoms with Gasteiger partial charge in [0.05, 0.1) is 6.42 Å². The number of carbonyl (C=O) groups is 2. The van der Waals surface area contributed by atoms with E-state index in [4.69, 9.17) is 5.11 Å². The average Bonchev–Trinajstić information content (AvgIpc) is 1.86. The molecular formula is C7H11NO3. The van der Waals surface area contributed by atoms with Gasteiger partial charge in [-0.2, -0.15) is 0 Å². The Hall–Kier alpha value is -1.32. The molecule has 0 aromatic rings. The van der Waals surface area contributed by atoms with Gasteiger partial charge in [-0.3, -0.25) is 9.59 Å². The number of carboxylic acids is 1. The zero-order valence-corrected chi connectivity index (χ0v) is 6.33. The molecule has 0 aliphatic heterocycles. The molecular weight excluding hydrogens is 146 g/mol. The standard InChI is InChI=1S/C7H11NO3/c1-3-8-7(11)5(2)4-6(9)10/h3,5H,1,4H2,2H3,(H,8,11)(H,9,10). The molecule has 11 heavy (non-hydrogen) atoms. The van der Waals surface area contributed by atoms with Crippen molar-refractivity contribution in [3.63, 3.8) is 0 Å². The van der Waals surface area contributed by atoms with Crippen molar-refractivity contribution >= 4 is 11.9 Å². The summed E-state index contributed by atoms with van der Waals surface area (Å²) in [5.74, 6) is -1.80. The minimum absolute atomic E-state index is 0.153. The number of carbonyl (C=O) groups excluding carboxylic acids is 1. The van der Waals surface area contributed by atoms with Crippen LogP contribution in [0.15, 0.2) is 12.8 Å². The van der Waals surface area contributed by atoms with Gasteiger partial charge in [-0.05, 0) is 6.20 Å². The third-order valence-corrected chi connectivity index (χ3v) is 1.17. The van der Waals surface area contributed by atoms with Crippen molar-refractivity contribution < 1.29 is 14.7 Å². The summed E-state index contributed by atoms with van der Waals surface area (Å²) < 4.78 is 0. The lowest BCUT2D eigenvalue weighted by Crippen LogP contribution is -2.26. The van der Waals surface area contributed by atoms with Crippen molar-refractivity contribution in [2.45, 2.75) is 13.3 Å². The van der Waals surface area contributed by atoms with Crippen LogP contribution in [0.25, 0.3) is 0 Å². The SMILES string of the molecule is C=CNC(=O)C(C)CC(=O)O. The van der Waals surface area contributed by atoms with Gasteiger partial charge in [0.25, 0.3) is 0 Å². The molecule has 0 aromatic carbocycles. The van der Waals surface area contributed by atoms with E-state index in [9.17, 15) is 9.59 Å². The molecule has 1 atom stereocenters. The second kappa shape index (κ2) is 4.49. The van der Waals surface area contributed by atoms with Crippen LogP contribution in [0.1, 0.15) is 13.3 Å². The second-order valence-electron chi connectivity index (χ2n) is 2.21. The van der Waals surface area contributed by atoms with Crippen LogP contribution in [-0.2, 0) is 9.59 Å². The number of rotatable bonds is 4. The Labute approximate surface area is 64.9 Å². The number of nitrogens with one attached hydrogen (secondary N) is 1. The molecule has 0 saturated heterocycles. The summed E-state index contributed by atoms with van der Waals surface area (Å²) in [5, 5.41) is 10.6. The van der Waals surface area contributed by atoms with Gasteiger partial charge >= 0.3 is 5.97 Å². The average molecular weight is 157 g/mol. The monoisotopic (exact) mass is 157 g/mol. The van der Waals surface area contributed by atoms with Gasteiger partial charge < -0.3 is 10.4 Å². The van der Waals surface area contributed by atoms with Crippen molar-refractivity contribution in [3.05, 3.63) is 12.8 Å². The van der Waals surface area contributed by atoms with E-state index in [1.165, 1.54) is 6.20 Å². The van der Waals surface area contributed by atoms with E-state index in [-0.39, 0.29) is 12.3 Å². The number of aliphatic carboxylic acids is 1. The Morgan fingerprint density at radius 2 is 2.27 bits per heavy atom. The van der Waals surface area contributed by atoms with Gasteiger partial charge in [0.15, 0.2) is 0 Å². The quantitative estimate of drug-likeness (QED) is 0.619. The maximum Gasteiger partial charge on any atom is 0.304 e. The maximum atomic E-state index is 10.8. The van der Waals surface area contributed by atoms with E-state index in [0.29, 0.717) is 0 Å². The summed E-state index contributed by atoms with van der Waals surface area (Å²) in [7, 11) is 0. The van der Waals surface area contributed by atoms with E-state index in [1.54, 1.807) is 6.92 Å². The number of amides is 1. The first-order valence-corrected chi connectivity index (χ1v) is 3.21. The molecule has 0 aromatic heterocycles. The fourth-order valence-electron chi connectivity index (χ4n) is 0.597. The molecule has 0 heterocycles. The van der Waals surface area contributed by atoms with Crippen molar-refractivity contribution in [2.75, 3.05) is 0 Å². The molecule has 0 bridgehead atoms. The lowest BCUT2D eigenvalue weighted by Gasteiger charge is -2.05. The predicted molar refractivity (Wildman–Crippen MR) is 39.8 cm³/mol. The zero-order chi connectivity index (χ0) is 8.85. The highest BCUT2D eigenvalue weighted by Crippen LogP contribution is 2.00. The molecule has 4 nitrogen and oxygen atoms in total. The molecule has 0 radical (unpaired) electrons. The summed E-state index contributed by atoms with van der Waals surface area (Å²) in [6.07, 6.45) is 1.08. The number of hydrogen-bond acceptors (Lipinski definition) is 2. The van der Waals surface area contributed by atoms with Crippen LogP contribution >= 0.6 is 0 Å². The van der Waals surface area contributed by atoms with Crippen molar-refractivity contribution in [2.24, 2.45) is 5.92 Å². The third kappa shape index (κ3) is 4.13. The van der Waals surface area contributed by atoms with E-state index >= 15 is 0 Å². The minimum Gasteiger partial charge on any atom is -0.481 e. The molecule has 2 N–H and O–H groups in total. The van der Waals surface area contributed by atoms with Crippen LogP contribution < -0.4 is 5.32 Å². The Morgan fingerprint density at radius 3 is 2.64 bits per heavy atom. The topological polar surface area (TPSA) is 66.4 Å². The molecule has 0 rings (SSSR count). The Kier molecular flexibility index (Phi) is 3.95. The summed E-state index contributed by atoms with van der Waals surface area (Å²) in [5.41, 5.74) is 0. The second-order valence-corrected chi connectivity index (χ2v) is 2.21. The van der Waals surface area contributed by atoms with E-state index in [2.05, 4.69) is 11.9 Å². The van der Waals surface area contributed by atoms with Gasteiger partial charge in [0, 0.05) is 5.92 Å². The van der Waals surface area contributed by atoms with Crippen LogP contribution in [0, 0.1) is 5.92 Å². The smallest absolute Gasteiger partial charge is 0.304 e. The third-order valence-electron chi connectivity index (χ3n) is 1.17. The Bertz CT molecular complexity index is 177. The number of carboxylic acid groups (broad SMARTS) is 1.